The molecule has 1 aliphatic heterocycles. The van der Waals surface area contributed by atoms with Crippen LogP contribution in [-0.4, -0.2) is 48.9 Å². The Hall–Kier alpha value is -1.55. The van der Waals surface area contributed by atoms with Crippen molar-refractivity contribution >= 4 is 5.91 Å². The van der Waals surface area contributed by atoms with E-state index in [1.807, 2.05) is 25.9 Å². The second-order valence-electron chi connectivity index (χ2n) is 4.80. The van der Waals surface area contributed by atoms with Crippen LogP contribution in [0.3, 0.4) is 0 Å². The summed E-state index contributed by atoms with van der Waals surface area (Å²) in [5.74, 6) is -0.000460. The van der Waals surface area contributed by atoms with Gasteiger partial charge in [0.2, 0.25) is 0 Å². The molecule has 0 saturated carbocycles. The molecule has 0 aromatic carbocycles. The molecule has 0 aromatic heterocycles. The molecule has 0 bridgehead atoms. The fraction of sp³-hybridized carbons (Fsp3) is 0.500. The van der Waals surface area contributed by atoms with Gasteiger partial charge >= 0.3 is 0 Å². The lowest BCUT2D eigenvalue weighted by Crippen LogP contribution is -2.34. The first-order valence-electron chi connectivity index (χ1n) is 6.20. The van der Waals surface area contributed by atoms with Crippen molar-refractivity contribution in [3.8, 4) is 0 Å². The number of likely N-dealkylation sites (tertiary alicyclic amines) is 1. The highest BCUT2D eigenvalue weighted by Gasteiger charge is 2.27. The van der Waals surface area contributed by atoms with Gasteiger partial charge in [0, 0.05) is 30.4 Å². The van der Waals surface area contributed by atoms with Gasteiger partial charge in [-0.15, -0.1) is 0 Å². The minimum atomic E-state index is -0.000460. The molecule has 4 heteroatoms. The Balaban J connectivity index is 2.56. The monoisotopic (exact) mass is 249 g/mol. The zero-order valence-electron chi connectivity index (χ0n) is 11.5. The van der Waals surface area contributed by atoms with E-state index in [9.17, 15) is 4.79 Å². The quantitative estimate of drug-likeness (QED) is 0.600. The molecule has 1 heterocycles. The lowest BCUT2D eigenvalue weighted by atomic mass is 10.2. The van der Waals surface area contributed by atoms with Crippen molar-refractivity contribution < 1.29 is 4.79 Å². The third-order valence-corrected chi connectivity index (χ3v) is 3.27. The molecular formula is C14H23N3O. The molecule has 0 radical (unpaired) electrons. The SMILES string of the molecule is C=C(/C=C\C(N)=C/C)C(=O)N1CCC(N(C)C)C1. The van der Waals surface area contributed by atoms with Gasteiger partial charge in [-0.3, -0.25) is 4.79 Å². The number of rotatable bonds is 4. The summed E-state index contributed by atoms with van der Waals surface area (Å²) in [7, 11) is 4.08. The van der Waals surface area contributed by atoms with E-state index in [4.69, 9.17) is 5.73 Å². The van der Waals surface area contributed by atoms with Crippen LogP contribution in [-0.2, 0) is 4.79 Å². The Morgan fingerprint density at radius 1 is 1.44 bits per heavy atom. The molecular weight excluding hydrogens is 226 g/mol. The van der Waals surface area contributed by atoms with E-state index in [1.165, 1.54) is 0 Å². The van der Waals surface area contributed by atoms with Crippen LogP contribution in [0, 0.1) is 0 Å². The number of carbonyl (C=O) groups excluding carboxylic acids is 1. The van der Waals surface area contributed by atoms with E-state index in [0.29, 0.717) is 17.3 Å². The van der Waals surface area contributed by atoms with E-state index < -0.39 is 0 Å². The van der Waals surface area contributed by atoms with Crippen molar-refractivity contribution in [2.75, 3.05) is 27.2 Å². The van der Waals surface area contributed by atoms with Gasteiger partial charge in [-0.05, 0) is 39.6 Å². The number of nitrogens with two attached hydrogens (primary N) is 1. The Bertz CT molecular complexity index is 383. The molecule has 100 valence electrons. The van der Waals surface area contributed by atoms with Gasteiger partial charge in [-0.25, -0.2) is 0 Å². The third-order valence-electron chi connectivity index (χ3n) is 3.27. The smallest absolute Gasteiger partial charge is 0.253 e. The summed E-state index contributed by atoms with van der Waals surface area (Å²) in [5, 5.41) is 0. The third kappa shape index (κ3) is 3.74. The molecule has 2 N–H and O–H groups in total. The molecule has 18 heavy (non-hydrogen) atoms. The summed E-state index contributed by atoms with van der Waals surface area (Å²) in [6, 6.07) is 0.450. The number of allylic oxidation sites excluding steroid dienone is 2. The molecule has 0 spiro atoms. The zero-order valence-corrected chi connectivity index (χ0v) is 11.5. The minimum Gasteiger partial charge on any atom is -0.399 e. The van der Waals surface area contributed by atoms with Gasteiger partial charge in [-0.1, -0.05) is 12.7 Å². The van der Waals surface area contributed by atoms with E-state index >= 15 is 0 Å². The van der Waals surface area contributed by atoms with Crippen molar-refractivity contribution in [1.29, 1.82) is 0 Å². The standard InChI is InChI=1S/C14H23N3O/c1-5-12(15)7-6-11(2)14(18)17-9-8-13(10-17)16(3)4/h5-7,13H,2,8-10,15H2,1,3-4H3/b7-6-,12-5+. The largest absolute Gasteiger partial charge is 0.399 e. The molecule has 1 atom stereocenters. The van der Waals surface area contributed by atoms with Gasteiger partial charge in [0.25, 0.3) is 5.91 Å². The Kier molecular flexibility index (Phi) is 5.16. The van der Waals surface area contributed by atoms with Crippen LogP contribution in [0.15, 0.2) is 36.1 Å². The first kappa shape index (κ1) is 14.5. The second kappa shape index (κ2) is 6.40. The molecule has 1 unspecified atom stereocenters. The van der Waals surface area contributed by atoms with Crippen LogP contribution in [0.1, 0.15) is 13.3 Å². The molecule has 0 aliphatic carbocycles. The fourth-order valence-corrected chi connectivity index (χ4v) is 1.92. The molecule has 1 saturated heterocycles. The molecule has 0 aromatic rings. The summed E-state index contributed by atoms with van der Waals surface area (Å²) in [6.07, 6.45) is 6.19. The first-order valence-corrected chi connectivity index (χ1v) is 6.20. The van der Waals surface area contributed by atoms with Gasteiger partial charge in [-0.2, -0.15) is 0 Å². The fourth-order valence-electron chi connectivity index (χ4n) is 1.92. The maximum absolute atomic E-state index is 12.1. The molecule has 1 fully saturated rings. The van der Waals surface area contributed by atoms with Gasteiger partial charge in [0.1, 0.15) is 0 Å². The Morgan fingerprint density at radius 3 is 2.61 bits per heavy atom. The van der Waals surface area contributed by atoms with Gasteiger partial charge < -0.3 is 15.5 Å². The highest BCUT2D eigenvalue weighted by atomic mass is 16.2. The van der Waals surface area contributed by atoms with Crippen LogP contribution in [0.25, 0.3) is 0 Å². The number of nitrogens with zero attached hydrogens (tertiary/aromatic N) is 2. The summed E-state index contributed by atoms with van der Waals surface area (Å²) >= 11 is 0. The topological polar surface area (TPSA) is 49.6 Å². The minimum absolute atomic E-state index is 0.000460. The highest BCUT2D eigenvalue weighted by molar-refractivity contribution is 5.95. The molecule has 1 aliphatic rings. The number of hydrogen-bond acceptors (Lipinski definition) is 3. The lowest BCUT2D eigenvalue weighted by molar-refractivity contribution is -0.125. The van der Waals surface area contributed by atoms with E-state index in [0.717, 1.165) is 19.5 Å². The van der Waals surface area contributed by atoms with Crippen LogP contribution in [0.4, 0.5) is 0 Å². The maximum atomic E-state index is 12.1. The van der Waals surface area contributed by atoms with Crippen molar-refractivity contribution in [3.05, 3.63) is 36.1 Å². The maximum Gasteiger partial charge on any atom is 0.253 e. The van der Waals surface area contributed by atoms with Gasteiger partial charge in [0.15, 0.2) is 0 Å². The molecule has 1 rings (SSSR count). The molecule has 4 nitrogen and oxygen atoms in total. The predicted molar refractivity (Wildman–Crippen MR) is 74.9 cm³/mol. The van der Waals surface area contributed by atoms with Crippen LogP contribution in [0.5, 0.6) is 0 Å². The van der Waals surface area contributed by atoms with Gasteiger partial charge in [0.05, 0.1) is 0 Å². The van der Waals surface area contributed by atoms with E-state index in [1.54, 1.807) is 18.2 Å². The van der Waals surface area contributed by atoms with E-state index in [-0.39, 0.29) is 5.91 Å². The normalized spacial score (nSPS) is 21.0. The Morgan fingerprint density at radius 2 is 2.11 bits per heavy atom. The van der Waals surface area contributed by atoms with E-state index in [2.05, 4.69) is 11.5 Å². The van der Waals surface area contributed by atoms with Crippen molar-refractivity contribution in [1.82, 2.24) is 9.80 Å². The number of hydrogen-bond donors (Lipinski definition) is 1. The summed E-state index contributed by atoms with van der Waals surface area (Å²) in [5.41, 5.74) is 6.76. The number of carbonyl (C=O) groups is 1. The second-order valence-corrected chi connectivity index (χ2v) is 4.80. The average Bonchev–Trinajstić information content (AvgIpc) is 2.84. The Labute approximate surface area is 109 Å². The lowest BCUT2D eigenvalue weighted by Gasteiger charge is -2.20. The summed E-state index contributed by atoms with van der Waals surface area (Å²) in [6.45, 7) is 7.23. The number of amides is 1. The van der Waals surface area contributed by atoms with Crippen molar-refractivity contribution in [2.24, 2.45) is 5.73 Å². The highest BCUT2D eigenvalue weighted by Crippen LogP contribution is 2.15. The first-order chi connectivity index (χ1) is 8.45. The molecule has 1 amide bonds. The zero-order chi connectivity index (χ0) is 13.7. The average molecular weight is 249 g/mol. The number of likely N-dealkylation sites (N-methyl/N-ethyl adjacent to an activating group) is 1. The summed E-state index contributed by atoms with van der Waals surface area (Å²) < 4.78 is 0. The van der Waals surface area contributed by atoms with Crippen LogP contribution >= 0.6 is 0 Å². The summed E-state index contributed by atoms with van der Waals surface area (Å²) in [4.78, 5) is 16.1. The predicted octanol–water partition coefficient (Wildman–Crippen LogP) is 1.12. The van der Waals surface area contributed by atoms with Crippen LogP contribution < -0.4 is 5.73 Å². The van der Waals surface area contributed by atoms with Crippen LogP contribution in [0.2, 0.25) is 0 Å². The van der Waals surface area contributed by atoms with Crippen molar-refractivity contribution in [3.63, 3.8) is 0 Å². The van der Waals surface area contributed by atoms with Crippen molar-refractivity contribution in [2.45, 2.75) is 19.4 Å².